The van der Waals surface area contributed by atoms with E-state index in [9.17, 15) is 0 Å². The van der Waals surface area contributed by atoms with Crippen LogP contribution in [-0.2, 0) is 0 Å². The predicted octanol–water partition coefficient (Wildman–Crippen LogP) is 9.67. The maximum absolute atomic E-state index is 6.63. The molecule has 2 heteroatoms. The van der Waals surface area contributed by atoms with Crippen molar-refractivity contribution in [3.63, 3.8) is 0 Å². The molecule has 0 spiro atoms. The fourth-order valence-electron chi connectivity index (χ4n) is 5.21. The second kappa shape index (κ2) is 8.92. The van der Waals surface area contributed by atoms with Crippen molar-refractivity contribution in [2.24, 2.45) is 0 Å². The molecule has 0 aliphatic carbocycles. The van der Waals surface area contributed by atoms with Crippen molar-refractivity contribution >= 4 is 32.3 Å². The van der Waals surface area contributed by atoms with Gasteiger partial charge in [0, 0.05) is 28.6 Å². The Balaban J connectivity index is 1.33. The van der Waals surface area contributed by atoms with E-state index >= 15 is 0 Å². The minimum Gasteiger partial charge on any atom is -0.456 e. The van der Waals surface area contributed by atoms with E-state index in [2.05, 4.69) is 120 Å². The lowest BCUT2D eigenvalue weighted by Gasteiger charge is -2.17. The standard InChI is InChI=1S/C35H23NO/c1-2-9-26(10-3-1)34-30-12-6-7-13-31(30)35(32-20-21-36-23-33(32)34)37-29-18-16-25(17-19-29)28-15-14-24-8-4-5-11-27(24)22-28/h1-23H. The van der Waals surface area contributed by atoms with Crippen molar-refractivity contribution in [1.29, 1.82) is 0 Å². The molecule has 0 fully saturated rings. The molecule has 7 rings (SSSR count). The summed E-state index contributed by atoms with van der Waals surface area (Å²) in [7, 11) is 0. The molecule has 0 atom stereocenters. The lowest BCUT2D eigenvalue weighted by atomic mass is 9.92. The van der Waals surface area contributed by atoms with E-state index in [1.165, 1.54) is 27.5 Å². The highest BCUT2D eigenvalue weighted by molar-refractivity contribution is 6.16. The van der Waals surface area contributed by atoms with Gasteiger partial charge < -0.3 is 4.74 Å². The van der Waals surface area contributed by atoms with Gasteiger partial charge in [0.2, 0.25) is 0 Å². The molecule has 1 aromatic heterocycles. The monoisotopic (exact) mass is 473 g/mol. The van der Waals surface area contributed by atoms with Crippen molar-refractivity contribution in [2.45, 2.75) is 0 Å². The van der Waals surface area contributed by atoms with Crippen LogP contribution in [-0.4, -0.2) is 4.98 Å². The zero-order chi connectivity index (χ0) is 24.6. The Morgan fingerprint density at radius 2 is 1.14 bits per heavy atom. The molecule has 2 nitrogen and oxygen atoms in total. The lowest BCUT2D eigenvalue weighted by molar-refractivity contribution is 0.494. The number of aromatic nitrogens is 1. The number of ether oxygens (including phenoxy) is 1. The summed E-state index contributed by atoms with van der Waals surface area (Å²) in [6.07, 6.45) is 3.78. The second-order valence-electron chi connectivity index (χ2n) is 9.23. The van der Waals surface area contributed by atoms with Crippen molar-refractivity contribution in [3.05, 3.63) is 140 Å². The van der Waals surface area contributed by atoms with Crippen LogP contribution in [0.15, 0.2) is 140 Å². The third-order valence-corrected chi connectivity index (χ3v) is 7.00. The number of fused-ring (bicyclic) bond motifs is 3. The van der Waals surface area contributed by atoms with Gasteiger partial charge in [-0.1, -0.05) is 103 Å². The Morgan fingerprint density at radius 1 is 0.459 bits per heavy atom. The molecule has 0 unspecified atom stereocenters. The highest BCUT2D eigenvalue weighted by Crippen LogP contribution is 2.44. The molecule has 0 radical (unpaired) electrons. The molecule has 0 saturated carbocycles. The zero-order valence-corrected chi connectivity index (χ0v) is 20.1. The Morgan fingerprint density at radius 3 is 1.97 bits per heavy atom. The van der Waals surface area contributed by atoms with E-state index in [-0.39, 0.29) is 0 Å². The van der Waals surface area contributed by atoms with E-state index in [4.69, 9.17) is 4.74 Å². The van der Waals surface area contributed by atoms with Crippen LogP contribution in [0.3, 0.4) is 0 Å². The molecule has 0 N–H and O–H groups in total. The van der Waals surface area contributed by atoms with Crippen molar-refractivity contribution in [2.75, 3.05) is 0 Å². The summed E-state index contributed by atoms with van der Waals surface area (Å²) in [5.74, 6) is 1.66. The van der Waals surface area contributed by atoms with Gasteiger partial charge in [-0.05, 0) is 62.7 Å². The first kappa shape index (κ1) is 21.3. The van der Waals surface area contributed by atoms with Crippen LogP contribution in [0.25, 0.3) is 54.6 Å². The van der Waals surface area contributed by atoms with Crippen LogP contribution in [0.2, 0.25) is 0 Å². The van der Waals surface area contributed by atoms with Gasteiger partial charge in [-0.25, -0.2) is 0 Å². The van der Waals surface area contributed by atoms with Crippen LogP contribution in [0.1, 0.15) is 0 Å². The largest absolute Gasteiger partial charge is 0.456 e. The topological polar surface area (TPSA) is 22.1 Å². The van der Waals surface area contributed by atoms with E-state index in [1.807, 2.05) is 24.5 Å². The van der Waals surface area contributed by atoms with Crippen molar-refractivity contribution in [3.8, 4) is 33.8 Å². The molecule has 7 aromatic rings. The third-order valence-electron chi connectivity index (χ3n) is 7.00. The molecule has 1 heterocycles. The summed E-state index contributed by atoms with van der Waals surface area (Å²) in [5, 5.41) is 6.85. The number of hydrogen-bond donors (Lipinski definition) is 0. The number of nitrogens with zero attached hydrogens (tertiary/aromatic N) is 1. The molecular formula is C35H23NO. The Bertz CT molecular complexity index is 1830. The Hall–Kier alpha value is -4.95. The van der Waals surface area contributed by atoms with Crippen LogP contribution in [0.5, 0.6) is 11.5 Å². The Labute approximate surface area is 215 Å². The molecule has 0 bridgehead atoms. The Kier molecular flexibility index (Phi) is 5.15. The van der Waals surface area contributed by atoms with Gasteiger partial charge in [0.25, 0.3) is 0 Å². The minimum atomic E-state index is 0.806. The van der Waals surface area contributed by atoms with Gasteiger partial charge in [-0.3, -0.25) is 4.98 Å². The van der Waals surface area contributed by atoms with Crippen LogP contribution >= 0.6 is 0 Å². The highest BCUT2D eigenvalue weighted by Gasteiger charge is 2.17. The maximum Gasteiger partial charge on any atom is 0.143 e. The normalized spacial score (nSPS) is 11.2. The summed E-state index contributed by atoms with van der Waals surface area (Å²) in [6.45, 7) is 0. The first-order valence-electron chi connectivity index (χ1n) is 12.5. The molecule has 0 aliphatic rings. The third kappa shape index (κ3) is 3.80. The molecule has 6 aromatic carbocycles. The average molecular weight is 474 g/mol. The van der Waals surface area contributed by atoms with Gasteiger partial charge >= 0.3 is 0 Å². The van der Waals surface area contributed by atoms with E-state index in [0.717, 1.165) is 38.6 Å². The molecular weight excluding hydrogens is 450 g/mol. The highest BCUT2D eigenvalue weighted by atomic mass is 16.5. The second-order valence-corrected chi connectivity index (χ2v) is 9.23. The molecule has 37 heavy (non-hydrogen) atoms. The van der Waals surface area contributed by atoms with Gasteiger partial charge in [0.15, 0.2) is 0 Å². The fourth-order valence-corrected chi connectivity index (χ4v) is 5.21. The van der Waals surface area contributed by atoms with Gasteiger partial charge in [-0.15, -0.1) is 0 Å². The maximum atomic E-state index is 6.63. The van der Waals surface area contributed by atoms with Crippen LogP contribution < -0.4 is 4.74 Å². The van der Waals surface area contributed by atoms with Gasteiger partial charge in [0.1, 0.15) is 11.5 Å². The van der Waals surface area contributed by atoms with Crippen molar-refractivity contribution < 1.29 is 4.74 Å². The molecule has 174 valence electrons. The number of hydrogen-bond acceptors (Lipinski definition) is 2. The first-order valence-corrected chi connectivity index (χ1v) is 12.5. The predicted molar refractivity (Wildman–Crippen MR) is 154 cm³/mol. The average Bonchev–Trinajstić information content (AvgIpc) is 2.98. The minimum absolute atomic E-state index is 0.806. The van der Waals surface area contributed by atoms with Crippen molar-refractivity contribution in [1.82, 2.24) is 4.98 Å². The van der Waals surface area contributed by atoms with Gasteiger partial charge in [-0.2, -0.15) is 0 Å². The summed E-state index contributed by atoms with van der Waals surface area (Å²) in [5.41, 5.74) is 4.71. The summed E-state index contributed by atoms with van der Waals surface area (Å²) < 4.78 is 6.63. The summed E-state index contributed by atoms with van der Waals surface area (Å²) in [6, 6.07) is 44.4. The van der Waals surface area contributed by atoms with Crippen LogP contribution in [0, 0.1) is 0 Å². The quantitative estimate of drug-likeness (QED) is 0.237. The SMILES string of the molecule is c1ccc(-c2c3ccccc3c(Oc3ccc(-c4ccc5ccccc5c4)cc3)c3ccncc23)cc1. The molecule has 0 aliphatic heterocycles. The molecule has 0 saturated heterocycles. The lowest BCUT2D eigenvalue weighted by Crippen LogP contribution is -1.92. The smallest absolute Gasteiger partial charge is 0.143 e. The van der Waals surface area contributed by atoms with E-state index in [0.29, 0.717) is 0 Å². The molecule has 0 amide bonds. The number of pyridine rings is 1. The van der Waals surface area contributed by atoms with E-state index in [1.54, 1.807) is 0 Å². The van der Waals surface area contributed by atoms with Crippen LogP contribution in [0.4, 0.5) is 0 Å². The first-order chi connectivity index (χ1) is 18.3. The zero-order valence-electron chi connectivity index (χ0n) is 20.1. The summed E-state index contributed by atoms with van der Waals surface area (Å²) in [4.78, 5) is 4.47. The number of benzene rings is 6. The van der Waals surface area contributed by atoms with E-state index < -0.39 is 0 Å². The summed E-state index contributed by atoms with van der Waals surface area (Å²) >= 11 is 0. The fraction of sp³-hybridized carbons (Fsp3) is 0. The van der Waals surface area contributed by atoms with Gasteiger partial charge in [0.05, 0.1) is 0 Å². The number of rotatable bonds is 4.